The maximum absolute atomic E-state index is 12.4. The third-order valence-corrected chi connectivity index (χ3v) is 6.20. The number of halogens is 1. The van der Waals surface area contributed by atoms with E-state index in [1.807, 2.05) is 32.9 Å². The van der Waals surface area contributed by atoms with Crippen LogP contribution in [0.4, 0.5) is 0 Å². The lowest BCUT2D eigenvalue weighted by Gasteiger charge is -2.02. The Kier molecular flexibility index (Phi) is 6.05. The van der Waals surface area contributed by atoms with E-state index in [4.69, 9.17) is 16.1 Å². The summed E-state index contributed by atoms with van der Waals surface area (Å²) in [6, 6.07) is 3.75. The lowest BCUT2D eigenvalue weighted by atomic mass is 10.2. The minimum Gasteiger partial charge on any atom is -0.351 e. The van der Waals surface area contributed by atoms with E-state index in [2.05, 4.69) is 20.4 Å². The molecule has 6 nitrogen and oxygen atoms in total. The Morgan fingerprint density at radius 3 is 2.77 bits per heavy atom. The van der Waals surface area contributed by atoms with Crippen molar-refractivity contribution in [2.24, 2.45) is 0 Å². The van der Waals surface area contributed by atoms with Crippen molar-refractivity contribution in [1.29, 1.82) is 0 Å². The zero-order valence-corrected chi connectivity index (χ0v) is 17.1. The van der Waals surface area contributed by atoms with Crippen molar-refractivity contribution in [2.45, 2.75) is 39.5 Å². The molecule has 0 fully saturated rings. The zero-order chi connectivity index (χ0) is 18.7. The normalized spacial score (nSPS) is 11.3. The highest BCUT2D eigenvalue weighted by Crippen LogP contribution is 2.34. The summed E-state index contributed by atoms with van der Waals surface area (Å²) in [5.74, 6) is 1.45. The summed E-state index contributed by atoms with van der Waals surface area (Å²) in [7, 11) is 0. The van der Waals surface area contributed by atoms with Crippen LogP contribution in [0.5, 0.6) is 0 Å². The van der Waals surface area contributed by atoms with E-state index < -0.39 is 0 Å². The predicted molar refractivity (Wildman–Crippen MR) is 104 cm³/mol. The maximum Gasteiger partial charge on any atom is 0.263 e. The summed E-state index contributed by atoms with van der Waals surface area (Å²) in [6.07, 6.45) is 1.37. The number of aryl methyl sites for hydroxylation is 2. The minimum absolute atomic E-state index is 0.109. The molecule has 0 bridgehead atoms. The Bertz CT molecular complexity index is 900. The van der Waals surface area contributed by atoms with E-state index >= 15 is 0 Å². The van der Waals surface area contributed by atoms with E-state index in [1.54, 1.807) is 0 Å². The number of carbonyl (C=O) groups excluding carboxylic acids is 1. The van der Waals surface area contributed by atoms with Gasteiger partial charge in [-0.05, 0) is 25.5 Å². The van der Waals surface area contributed by atoms with E-state index in [9.17, 15) is 4.79 Å². The van der Waals surface area contributed by atoms with Crippen LogP contribution < -0.4 is 5.32 Å². The van der Waals surface area contributed by atoms with Crippen LogP contribution in [-0.2, 0) is 6.42 Å². The zero-order valence-electron chi connectivity index (χ0n) is 14.7. The lowest BCUT2D eigenvalue weighted by Crippen LogP contribution is -2.24. The van der Waals surface area contributed by atoms with Crippen molar-refractivity contribution >= 4 is 40.2 Å². The van der Waals surface area contributed by atoms with Crippen LogP contribution >= 0.6 is 34.3 Å². The first kappa shape index (κ1) is 19.0. The van der Waals surface area contributed by atoms with Gasteiger partial charge in [0, 0.05) is 18.9 Å². The molecule has 138 valence electrons. The highest BCUT2D eigenvalue weighted by atomic mass is 35.5. The van der Waals surface area contributed by atoms with Gasteiger partial charge in [0.25, 0.3) is 5.91 Å². The maximum atomic E-state index is 12.4. The fraction of sp³-hybridized carbons (Fsp3) is 0.412. The van der Waals surface area contributed by atoms with Crippen LogP contribution in [0.1, 0.15) is 53.3 Å². The van der Waals surface area contributed by atoms with Gasteiger partial charge in [-0.3, -0.25) is 4.79 Å². The van der Waals surface area contributed by atoms with Crippen LogP contribution in [0.3, 0.4) is 0 Å². The fourth-order valence-corrected chi connectivity index (χ4v) is 4.35. The molecule has 3 aromatic heterocycles. The number of carbonyl (C=O) groups is 1. The average molecular weight is 411 g/mol. The molecular weight excluding hydrogens is 392 g/mol. The van der Waals surface area contributed by atoms with E-state index in [-0.39, 0.29) is 11.8 Å². The van der Waals surface area contributed by atoms with Gasteiger partial charge in [-0.15, -0.1) is 22.7 Å². The summed E-state index contributed by atoms with van der Waals surface area (Å²) in [6.45, 7) is 6.42. The van der Waals surface area contributed by atoms with Crippen LogP contribution in [0.2, 0.25) is 4.34 Å². The van der Waals surface area contributed by atoms with Gasteiger partial charge in [0.15, 0.2) is 5.82 Å². The molecule has 0 radical (unpaired) electrons. The number of thiazole rings is 1. The van der Waals surface area contributed by atoms with Crippen molar-refractivity contribution in [3.63, 3.8) is 0 Å². The summed E-state index contributed by atoms with van der Waals surface area (Å²) in [4.78, 5) is 22.8. The van der Waals surface area contributed by atoms with Gasteiger partial charge in [0.2, 0.25) is 5.89 Å². The number of rotatable bonds is 7. The van der Waals surface area contributed by atoms with Gasteiger partial charge in [-0.2, -0.15) is 4.98 Å². The Morgan fingerprint density at radius 2 is 2.12 bits per heavy atom. The molecular formula is C17H19ClN4O2S2. The molecule has 1 N–H and O–H groups in total. The second-order valence-corrected chi connectivity index (χ2v) is 8.81. The Balaban J connectivity index is 1.52. The molecule has 0 aliphatic rings. The summed E-state index contributed by atoms with van der Waals surface area (Å²) in [5.41, 5.74) is 0.727. The standard InChI is InChI=1S/C17H19ClN4O2S2/c1-9(2)15-21-13(24-22-15)5-4-8-19-16(23)14-10(3)20-17(26-14)11-6-7-12(18)25-11/h6-7,9H,4-5,8H2,1-3H3,(H,19,23). The smallest absolute Gasteiger partial charge is 0.263 e. The van der Waals surface area contributed by atoms with Crippen molar-refractivity contribution in [3.05, 3.63) is 38.8 Å². The predicted octanol–water partition coefficient (Wildman–Crippen LogP) is 4.70. The molecule has 1 amide bonds. The number of hydrogen-bond acceptors (Lipinski definition) is 7. The van der Waals surface area contributed by atoms with Gasteiger partial charge in [-0.25, -0.2) is 4.98 Å². The van der Waals surface area contributed by atoms with Gasteiger partial charge in [0.05, 0.1) is 14.9 Å². The first-order valence-corrected chi connectivity index (χ1v) is 10.3. The van der Waals surface area contributed by atoms with Crippen LogP contribution in [0, 0.1) is 6.92 Å². The first-order chi connectivity index (χ1) is 12.4. The third kappa shape index (κ3) is 4.49. The molecule has 9 heteroatoms. The molecule has 0 aliphatic heterocycles. The number of amides is 1. The van der Waals surface area contributed by atoms with Gasteiger partial charge in [-0.1, -0.05) is 30.6 Å². The Morgan fingerprint density at radius 1 is 1.31 bits per heavy atom. The quantitative estimate of drug-likeness (QED) is 0.571. The Labute approximate surface area is 164 Å². The molecule has 3 rings (SSSR count). The number of nitrogens with zero attached hydrogens (tertiary/aromatic N) is 3. The molecule has 3 aromatic rings. The summed E-state index contributed by atoms with van der Waals surface area (Å²) in [5, 5.41) is 7.68. The van der Waals surface area contributed by atoms with Crippen LogP contribution in [0.25, 0.3) is 9.88 Å². The molecule has 0 saturated carbocycles. The van der Waals surface area contributed by atoms with Crippen molar-refractivity contribution in [1.82, 2.24) is 20.4 Å². The molecule has 26 heavy (non-hydrogen) atoms. The van der Waals surface area contributed by atoms with E-state index in [0.717, 1.165) is 22.0 Å². The van der Waals surface area contributed by atoms with Crippen molar-refractivity contribution in [2.75, 3.05) is 6.54 Å². The fourth-order valence-electron chi connectivity index (χ4n) is 2.27. The van der Waals surface area contributed by atoms with Gasteiger partial charge >= 0.3 is 0 Å². The van der Waals surface area contributed by atoms with Crippen molar-refractivity contribution < 1.29 is 9.32 Å². The second kappa shape index (κ2) is 8.28. The number of aromatic nitrogens is 3. The van der Waals surface area contributed by atoms with Gasteiger partial charge in [0.1, 0.15) is 9.88 Å². The summed E-state index contributed by atoms with van der Waals surface area (Å²) >= 11 is 8.81. The molecule has 0 aliphatic carbocycles. The first-order valence-electron chi connectivity index (χ1n) is 8.28. The molecule has 0 saturated heterocycles. The molecule has 0 unspecified atom stereocenters. The second-order valence-electron chi connectivity index (χ2n) is 6.10. The highest BCUT2D eigenvalue weighted by molar-refractivity contribution is 7.24. The van der Waals surface area contributed by atoms with Gasteiger partial charge < -0.3 is 9.84 Å². The van der Waals surface area contributed by atoms with Crippen LogP contribution in [0.15, 0.2) is 16.7 Å². The summed E-state index contributed by atoms with van der Waals surface area (Å²) < 4.78 is 5.91. The highest BCUT2D eigenvalue weighted by Gasteiger charge is 2.17. The number of nitrogens with one attached hydrogen (secondary N) is 1. The van der Waals surface area contributed by atoms with E-state index in [1.165, 1.54) is 22.7 Å². The topological polar surface area (TPSA) is 80.9 Å². The third-order valence-electron chi connectivity index (χ3n) is 3.64. The largest absolute Gasteiger partial charge is 0.351 e. The van der Waals surface area contributed by atoms with E-state index in [0.29, 0.717) is 33.9 Å². The molecule has 0 aromatic carbocycles. The lowest BCUT2D eigenvalue weighted by molar-refractivity contribution is 0.0956. The Hall–Kier alpha value is -1.77. The molecule has 0 atom stereocenters. The number of hydrogen-bond donors (Lipinski definition) is 1. The monoisotopic (exact) mass is 410 g/mol. The molecule has 0 spiro atoms. The minimum atomic E-state index is -0.109. The molecule has 3 heterocycles. The SMILES string of the molecule is Cc1nc(-c2ccc(Cl)s2)sc1C(=O)NCCCc1nc(C(C)C)no1. The number of thiophene rings is 1. The van der Waals surface area contributed by atoms with Crippen molar-refractivity contribution in [3.8, 4) is 9.88 Å². The average Bonchev–Trinajstić information content (AvgIpc) is 3.31. The van der Waals surface area contributed by atoms with Crippen LogP contribution in [-0.4, -0.2) is 27.6 Å².